The van der Waals surface area contributed by atoms with E-state index in [0.717, 1.165) is 17.7 Å². The third-order valence-electron chi connectivity index (χ3n) is 4.14. The summed E-state index contributed by atoms with van der Waals surface area (Å²) in [4.78, 5) is 26.7. The maximum Gasteiger partial charge on any atom is 0.338 e. The minimum Gasteiger partial charge on any atom is -0.449 e. The highest BCUT2D eigenvalue weighted by Gasteiger charge is 2.34. The molecule has 0 aliphatic carbocycles. The highest BCUT2D eigenvalue weighted by molar-refractivity contribution is 6.30. The van der Waals surface area contributed by atoms with E-state index in [-0.39, 0.29) is 11.9 Å². The normalized spacial score (nSPS) is 17.3. The molecule has 24 heavy (non-hydrogen) atoms. The molecule has 0 fully saturated rings. The second-order valence-corrected chi connectivity index (χ2v) is 6.38. The van der Waals surface area contributed by atoms with E-state index in [1.165, 1.54) is 6.07 Å². The average Bonchev–Trinajstić information content (AvgIpc) is 2.89. The van der Waals surface area contributed by atoms with Gasteiger partial charge in [-0.05, 0) is 50.1 Å². The van der Waals surface area contributed by atoms with Gasteiger partial charge in [0, 0.05) is 16.8 Å². The fourth-order valence-corrected chi connectivity index (χ4v) is 3.18. The largest absolute Gasteiger partial charge is 0.449 e. The van der Waals surface area contributed by atoms with Crippen molar-refractivity contribution in [1.82, 2.24) is 0 Å². The van der Waals surface area contributed by atoms with Crippen molar-refractivity contribution in [2.75, 3.05) is 4.90 Å². The Hall–Kier alpha value is -2.33. The number of esters is 1. The maximum atomic E-state index is 12.8. The average molecular weight is 344 g/mol. The van der Waals surface area contributed by atoms with E-state index in [2.05, 4.69) is 0 Å². The quantitative estimate of drug-likeness (QED) is 0.795. The topological polar surface area (TPSA) is 46.6 Å². The molecule has 2 aromatic carbocycles. The summed E-state index contributed by atoms with van der Waals surface area (Å²) in [5.41, 5.74) is 2.35. The van der Waals surface area contributed by atoms with Gasteiger partial charge in [0.05, 0.1) is 5.56 Å². The summed E-state index contributed by atoms with van der Waals surface area (Å²) >= 11 is 5.88. The fraction of sp³-hybridized carbons (Fsp3) is 0.263. The van der Waals surface area contributed by atoms with Crippen molar-refractivity contribution < 1.29 is 14.3 Å². The first-order valence-corrected chi connectivity index (χ1v) is 8.22. The molecule has 0 saturated carbocycles. The van der Waals surface area contributed by atoms with E-state index in [1.54, 1.807) is 30.0 Å². The molecule has 2 atom stereocenters. The summed E-state index contributed by atoms with van der Waals surface area (Å²) in [6.07, 6.45) is -0.0678. The molecule has 0 N–H and O–H groups in total. The Labute approximate surface area is 146 Å². The summed E-state index contributed by atoms with van der Waals surface area (Å²) in [5.74, 6) is -0.777. The molecule has 124 valence electrons. The van der Waals surface area contributed by atoms with Crippen molar-refractivity contribution in [2.24, 2.45) is 0 Å². The minimum atomic E-state index is -0.870. The molecular weight excluding hydrogens is 326 g/mol. The number of benzene rings is 2. The Morgan fingerprint density at radius 2 is 1.96 bits per heavy atom. The standard InChI is InChI=1S/C19H18ClNO3/c1-12-10-14-6-3-4-9-17(14)21(12)18(22)13(2)24-19(23)15-7-5-8-16(20)11-15/h3-9,11-13H,10H2,1-2H3/t12-,13+/m1/s1. The summed E-state index contributed by atoms with van der Waals surface area (Å²) in [6, 6.07) is 14.3. The molecule has 1 heterocycles. The third kappa shape index (κ3) is 3.15. The van der Waals surface area contributed by atoms with Crippen molar-refractivity contribution in [3.8, 4) is 0 Å². The molecular formula is C19H18ClNO3. The van der Waals surface area contributed by atoms with Gasteiger partial charge in [-0.15, -0.1) is 0 Å². The van der Waals surface area contributed by atoms with Crippen LogP contribution in [-0.4, -0.2) is 24.0 Å². The molecule has 1 aliphatic heterocycles. The number of ether oxygens (including phenoxy) is 1. The number of rotatable bonds is 3. The van der Waals surface area contributed by atoms with Gasteiger partial charge in [0.15, 0.2) is 6.10 Å². The predicted molar refractivity (Wildman–Crippen MR) is 93.4 cm³/mol. The molecule has 1 aliphatic rings. The van der Waals surface area contributed by atoms with E-state index in [4.69, 9.17) is 16.3 Å². The number of amides is 1. The zero-order chi connectivity index (χ0) is 17.3. The van der Waals surface area contributed by atoms with Gasteiger partial charge in [0.25, 0.3) is 5.91 Å². The van der Waals surface area contributed by atoms with Gasteiger partial charge in [-0.2, -0.15) is 0 Å². The number of para-hydroxylation sites is 1. The second-order valence-electron chi connectivity index (χ2n) is 5.95. The SMILES string of the molecule is C[C@H](OC(=O)c1cccc(Cl)c1)C(=O)N1c2ccccc2C[C@H]1C. The first-order chi connectivity index (χ1) is 11.5. The molecule has 0 unspecified atom stereocenters. The molecule has 0 bridgehead atoms. The second kappa shape index (κ2) is 6.65. The number of carbonyl (C=O) groups excluding carboxylic acids is 2. The Balaban J connectivity index is 1.75. The molecule has 2 aromatic rings. The molecule has 5 heteroatoms. The molecule has 0 saturated heterocycles. The predicted octanol–water partition coefficient (Wildman–Crippen LogP) is 3.86. The van der Waals surface area contributed by atoms with Crippen molar-refractivity contribution in [1.29, 1.82) is 0 Å². The lowest BCUT2D eigenvalue weighted by Crippen LogP contribution is -2.43. The number of anilines is 1. The number of hydrogen-bond acceptors (Lipinski definition) is 3. The van der Waals surface area contributed by atoms with Gasteiger partial charge in [0.1, 0.15) is 0 Å². The van der Waals surface area contributed by atoms with Gasteiger partial charge in [0.2, 0.25) is 0 Å². The van der Waals surface area contributed by atoms with Crippen LogP contribution in [0, 0.1) is 0 Å². The number of carbonyl (C=O) groups is 2. The van der Waals surface area contributed by atoms with Crippen LogP contribution in [0.1, 0.15) is 29.8 Å². The molecule has 0 aromatic heterocycles. The van der Waals surface area contributed by atoms with Crippen molar-refractivity contribution in [3.63, 3.8) is 0 Å². The van der Waals surface area contributed by atoms with Crippen LogP contribution in [0.25, 0.3) is 0 Å². The number of hydrogen-bond donors (Lipinski definition) is 0. The first-order valence-electron chi connectivity index (χ1n) is 7.85. The van der Waals surface area contributed by atoms with Crippen LogP contribution in [0.2, 0.25) is 5.02 Å². The Kier molecular flexibility index (Phi) is 4.58. The van der Waals surface area contributed by atoms with E-state index in [0.29, 0.717) is 10.6 Å². The van der Waals surface area contributed by atoms with Crippen LogP contribution in [0.15, 0.2) is 48.5 Å². The lowest BCUT2D eigenvalue weighted by molar-refractivity contribution is -0.126. The molecule has 1 amide bonds. The summed E-state index contributed by atoms with van der Waals surface area (Å²) in [5, 5.41) is 0.450. The van der Waals surface area contributed by atoms with Crippen LogP contribution in [0.5, 0.6) is 0 Å². The molecule has 0 radical (unpaired) electrons. The Morgan fingerprint density at radius 3 is 2.71 bits per heavy atom. The van der Waals surface area contributed by atoms with Gasteiger partial charge in [-0.3, -0.25) is 4.79 Å². The zero-order valence-electron chi connectivity index (χ0n) is 13.5. The van der Waals surface area contributed by atoms with Gasteiger partial charge < -0.3 is 9.64 Å². The highest BCUT2D eigenvalue weighted by atomic mass is 35.5. The summed E-state index contributed by atoms with van der Waals surface area (Å²) in [7, 11) is 0. The zero-order valence-corrected chi connectivity index (χ0v) is 14.3. The summed E-state index contributed by atoms with van der Waals surface area (Å²) in [6.45, 7) is 3.59. The van der Waals surface area contributed by atoms with Crippen LogP contribution in [-0.2, 0) is 16.0 Å². The third-order valence-corrected chi connectivity index (χ3v) is 4.37. The fourth-order valence-electron chi connectivity index (χ4n) is 2.99. The van der Waals surface area contributed by atoms with E-state index in [1.807, 2.05) is 31.2 Å². The maximum absolute atomic E-state index is 12.8. The van der Waals surface area contributed by atoms with Gasteiger partial charge >= 0.3 is 5.97 Å². The van der Waals surface area contributed by atoms with Crippen molar-refractivity contribution in [2.45, 2.75) is 32.4 Å². The van der Waals surface area contributed by atoms with Gasteiger partial charge in [-0.25, -0.2) is 4.79 Å². The Bertz CT molecular complexity index is 790. The van der Waals surface area contributed by atoms with Crippen LogP contribution in [0.3, 0.4) is 0 Å². The van der Waals surface area contributed by atoms with E-state index < -0.39 is 12.1 Å². The molecule has 4 nitrogen and oxygen atoms in total. The molecule has 0 spiro atoms. The number of fused-ring (bicyclic) bond motifs is 1. The first kappa shape index (κ1) is 16.5. The summed E-state index contributed by atoms with van der Waals surface area (Å²) < 4.78 is 5.34. The highest BCUT2D eigenvalue weighted by Crippen LogP contribution is 2.32. The number of halogens is 1. The monoisotopic (exact) mass is 343 g/mol. The Morgan fingerprint density at radius 1 is 1.21 bits per heavy atom. The number of nitrogens with zero attached hydrogens (tertiary/aromatic N) is 1. The van der Waals surface area contributed by atoms with Crippen LogP contribution >= 0.6 is 11.6 Å². The lowest BCUT2D eigenvalue weighted by atomic mass is 10.1. The van der Waals surface area contributed by atoms with Crippen molar-refractivity contribution in [3.05, 3.63) is 64.7 Å². The van der Waals surface area contributed by atoms with Crippen LogP contribution in [0.4, 0.5) is 5.69 Å². The smallest absolute Gasteiger partial charge is 0.338 e. The van der Waals surface area contributed by atoms with E-state index in [9.17, 15) is 9.59 Å². The van der Waals surface area contributed by atoms with Gasteiger partial charge in [-0.1, -0.05) is 35.9 Å². The van der Waals surface area contributed by atoms with Crippen molar-refractivity contribution >= 4 is 29.2 Å². The lowest BCUT2D eigenvalue weighted by Gasteiger charge is -2.25. The minimum absolute atomic E-state index is 0.0437. The van der Waals surface area contributed by atoms with Crippen LogP contribution < -0.4 is 4.90 Å². The van der Waals surface area contributed by atoms with E-state index >= 15 is 0 Å². The molecule has 3 rings (SSSR count).